The second-order valence-corrected chi connectivity index (χ2v) is 18.0. The average molecular weight is 771 g/mol. The lowest BCUT2D eigenvalue weighted by Crippen LogP contribution is -2.70. The van der Waals surface area contributed by atoms with Gasteiger partial charge in [-0.15, -0.1) is 0 Å². The third kappa shape index (κ3) is 7.30. The highest BCUT2D eigenvalue weighted by molar-refractivity contribution is 5.86. The molecule has 308 valence electrons. The van der Waals surface area contributed by atoms with E-state index in [1.807, 2.05) is 52.8 Å². The molecule has 1 aromatic rings. The minimum atomic E-state index is -0.787. The number of carbonyl (C=O) groups excluding carboxylic acids is 1. The van der Waals surface area contributed by atoms with Crippen molar-refractivity contribution in [2.75, 3.05) is 5.32 Å². The standard InChI is InChI=1S/C25H34N2O6.C16H26O4.C2H6/c1-15-10-11-20-17(3)21(14-16(2)27-31-23(28)26-18-8-6-5-7-9-18)29-22-25(20)19(15)12-13-24(4,30-22)32-33-25;1-9-5-6-13-10(2)11(3)17-14-16(13)12(9)7-8-15(4,18-14)19-20-16;1-2/h5-9,15,17,19-22H,10-14H2,1-4H3,(H,26,28);9-14H,5-8H2,1-4H3;1-2H3/b27-16-;;/t15-,17-,19+,20+,21-,22-,24+,25-;9-,10+,11-,12+,13+,14-,15+,16-;/m11./s1. The van der Waals surface area contributed by atoms with E-state index in [0.29, 0.717) is 53.3 Å². The van der Waals surface area contributed by atoms with Crippen LogP contribution in [0.15, 0.2) is 35.5 Å². The third-order valence-electron chi connectivity index (χ3n) is 14.6. The molecule has 8 heterocycles. The lowest BCUT2D eigenvalue weighted by atomic mass is 9.57. The molecule has 2 spiro atoms. The second kappa shape index (κ2) is 15.9. The lowest BCUT2D eigenvalue weighted by molar-refractivity contribution is -0.570. The molecule has 2 aliphatic carbocycles. The molecule has 8 saturated heterocycles. The van der Waals surface area contributed by atoms with E-state index in [2.05, 4.69) is 45.1 Å². The van der Waals surface area contributed by atoms with Crippen molar-refractivity contribution in [2.45, 2.75) is 175 Å². The number of rotatable bonds is 4. The van der Waals surface area contributed by atoms with Gasteiger partial charge in [0, 0.05) is 36.8 Å². The van der Waals surface area contributed by atoms with Crippen molar-refractivity contribution in [3.8, 4) is 0 Å². The molecule has 1 amide bonds. The molecule has 0 unspecified atom stereocenters. The number of fused-ring (bicyclic) bond motifs is 4. The Hall–Kier alpha value is -2.16. The van der Waals surface area contributed by atoms with Crippen LogP contribution in [0, 0.1) is 47.3 Å². The lowest BCUT2D eigenvalue weighted by Gasteiger charge is -2.60. The van der Waals surface area contributed by atoms with E-state index in [-0.39, 0.29) is 35.9 Å². The van der Waals surface area contributed by atoms with E-state index in [0.717, 1.165) is 38.5 Å². The third-order valence-corrected chi connectivity index (χ3v) is 14.6. The van der Waals surface area contributed by atoms with Crippen LogP contribution >= 0.6 is 0 Å². The van der Waals surface area contributed by atoms with Gasteiger partial charge in [-0.05, 0) is 114 Å². The zero-order valence-corrected chi connectivity index (χ0v) is 34.7. The summed E-state index contributed by atoms with van der Waals surface area (Å²) in [6, 6.07) is 9.14. The number of hydrogen-bond acceptors (Lipinski definition) is 11. The van der Waals surface area contributed by atoms with Crippen molar-refractivity contribution in [1.82, 2.24) is 0 Å². The molecule has 11 rings (SSSR count). The molecule has 1 aromatic carbocycles. The zero-order chi connectivity index (χ0) is 39.3. The van der Waals surface area contributed by atoms with Crippen LogP contribution in [0.5, 0.6) is 0 Å². The van der Waals surface area contributed by atoms with Gasteiger partial charge in [0.25, 0.3) is 0 Å². The number of para-hydroxylation sites is 1. The van der Waals surface area contributed by atoms with Gasteiger partial charge in [-0.2, -0.15) is 0 Å². The molecule has 0 aromatic heterocycles. The zero-order valence-electron chi connectivity index (χ0n) is 34.7. The number of ether oxygens (including phenoxy) is 4. The minimum absolute atomic E-state index is 0.115. The van der Waals surface area contributed by atoms with Crippen LogP contribution in [0.3, 0.4) is 0 Å². The molecule has 8 aliphatic heterocycles. The largest absolute Gasteiger partial charge is 0.437 e. The van der Waals surface area contributed by atoms with Gasteiger partial charge in [0.2, 0.25) is 11.6 Å². The highest BCUT2D eigenvalue weighted by Crippen LogP contribution is 2.62. The van der Waals surface area contributed by atoms with Crippen LogP contribution in [0.4, 0.5) is 10.5 Å². The van der Waals surface area contributed by atoms with Gasteiger partial charge in [-0.1, -0.05) is 64.9 Å². The van der Waals surface area contributed by atoms with E-state index in [9.17, 15) is 4.79 Å². The second-order valence-electron chi connectivity index (χ2n) is 18.0. The van der Waals surface area contributed by atoms with Crippen molar-refractivity contribution < 1.29 is 48.1 Å². The number of anilines is 1. The van der Waals surface area contributed by atoms with E-state index < -0.39 is 29.6 Å². The molecule has 1 N–H and O–H groups in total. The maximum absolute atomic E-state index is 12.1. The van der Waals surface area contributed by atoms with Gasteiger partial charge < -0.3 is 18.9 Å². The van der Waals surface area contributed by atoms with Gasteiger partial charge in [-0.3, -0.25) is 10.2 Å². The maximum atomic E-state index is 12.1. The van der Waals surface area contributed by atoms with E-state index >= 15 is 0 Å². The Bertz CT molecular complexity index is 1530. The van der Waals surface area contributed by atoms with Crippen LogP contribution in [-0.4, -0.2) is 59.4 Å². The Labute approximate surface area is 327 Å². The molecular weight excluding hydrogens is 704 g/mol. The molecule has 12 heteroatoms. The van der Waals surface area contributed by atoms with E-state index in [1.165, 1.54) is 12.8 Å². The van der Waals surface area contributed by atoms with Gasteiger partial charge >= 0.3 is 6.09 Å². The summed E-state index contributed by atoms with van der Waals surface area (Å²) >= 11 is 0. The first-order valence-electron chi connectivity index (χ1n) is 21.2. The van der Waals surface area contributed by atoms with Crippen molar-refractivity contribution in [1.29, 1.82) is 0 Å². The quantitative estimate of drug-likeness (QED) is 0.137. The van der Waals surface area contributed by atoms with E-state index in [4.69, 9.17) is 43.3 Å². The van der Waals surface area contributed by atoms with Crippen molar-refractivity contribution in [3.05, 3.63) is 30.3 Å². The Morgan fingerprint density at radius 3 is 1.82 bits per heavy atom. The topological polar surface area (TPSA) is 125 Å². The fraction of sp³-hybridized carbons (Fsp3) is 0.814. The van der Waals surface area contributed by atoms with Gasteiger partial charge in [0.15, 0.2) is 23.8 Å². The highest BCUT2D eigenvalue weighted by atomic mass is 17.3. The predicted molar refractivity (Wildman–Crippen MR) is 205 cm³/mol. The van der Waals surface area contributed by atoms with Crippen LogP contribution in [0.1, 0.15) is 127 Å². The normalized spacial score (nSPS) is 47.9. The molecule has 16 atom stereocenters. The van der Waals surface area contributed by atoms with Crippen LogP contribution in [-0.2, 0) is 43.3 Å². The van der Waals surface area contributed by atoms with Crippen LogP contribution < -0.4 is 5.32 Å². The molecule has 10 aliphatic rings. The first-order chi connectivity index (χ1) is 26.3. The van der Waals surface area contributed by atoms with Gasteiger partial charge in [0.1, 0.15) is 0 Å². The SMILES string of the molecule is C/C(C[C@H]1O[C@@H]2O[C@]3(C)CC[C@H]4[C@H](C)CC[C@@H]([C@H]1C)[C@@]24OO3)=N/OC(=O)Nc1ccccc1.CC.C[C@H]1[C@@H](C)O[C@@H]2O[C@]3(C)CC[C@H]4[C@H](C)CC[C@@H]1[C@@]24OO3. The number of nitrogens with zero attached hydrogens (tertiary/aromatic N) is 1. The number of hydrogen-bond donors (Lipinski definition) is 1. The van der Waals surface area contributed by atoms with Crippen molar-refractivity contribution in [3.63, 3.8) is 0 Å². The Morgan fingerprint density at radius 1 is 0.727 bits per heavy atom. The maximum Gasteiger partial charge on any atom is 0.437 e. The minimum Gasteiger partial charge on any atom is -0.346 e. The first kappa shape index (κ1) is 41.0. The van der Waals surface area contributed by atoms with Crippen LogP contribution in [0.25, 0.3) is 0 Å². The fourth-order valence-electron chi connectivity index (χ4n) is 11.4. The summed E-state index contributed by atoms with van der Waals surface area (Å²) in [5.74, 6) is 2.00. The fourth-order valence-corrected chi connectivity index (χ4v) is 11.4. The monoisotopic (exact) mass is 770 g/mol. The van der Waals surface area contributed by atoms with Crippen molar-refractivity contribution >= 4 is 17.5 Å². The number of oxime groups is 1. The van der Waals surface area contributed by atoms with Crippen LogP contribution in [0.2, 0.25) is 0 Å². The summed E-state index contributed by atoms with van der Waals surface area (Å²) in [6.45, 7) is 21.1. The molecule has 12 nitrogen and oxygen atoms in total. The van der Waals surface area contributed by atoms with Gasteiger partial charge in [-0.25, -0.2) is 24.3 Å². The summed E-state index contributed by atoms with van der Waals surface area (Å²) in [4.78, 5) is 41.0. The van der Waals surface area contributed by atoms with Gasteiger partial charge in [0.05, 0.1) is 17.9 Å². The molecular formula is C43H66N2O10. The first-order valence-corrected chi connectivity index (χ1v) is 21.2. The average Bonchev–Trinajstić information content (AvgIpc) is 3.55. The summed E-state index contributed by atoms with van der Waals surface area (Å²) < 4.78 is 25.4. The Balaban J connectivity index is 0.000000180. The number of carbonyl (C=O) groups is 1. The Kier molecular flexibility index (Phi) is 11.8. The van der Waals surface area contributed by atoms with E-state index in [1.54, 1.807) is 12.1 Å². The summed E-state index contributed by atoms with van der Waals surface area (Å²) in [5.41, 5.74) is 0.386. The summed E-state index contributed by atoms with van der Waals surface area (Å²) in [5, 5.41) is 6.71. The number of nitrogens with one attached hydrogen (secondary N) is 1. The highest BCUT2D eigenvalue weighted by Gasteiger charge is 2.70. The summed E-state index contributed by atoms with van der Waals surface area (Å²) in [6.07, 6.45) is 7.75. The molecule has 10 fully saturated rings. The molecule has 4 bridgehead atoms. The Morgan fingerprint density at radius 2 is 1.25 bits per heavy atom. The number of benzene rings is 1. The predicted octanol–water partition coefficient (Wildman–Crippen LogP) is 9.53. The smallest absolute Gasteiger partial charge is 0.346 e. The number of amides is 1. The van der Waals surface area contributed by atoms with Crippen molar-refractivity contribution in [2.24, 2.45) is 52.5 Å². The molecule has 55 heavy (non-hydrogen) atoms. The molecule has 0 radical (unpaired) electrons. The summed E-state index contributed by atoms with van der Waals surface area (Å²) in [7, 11) is 0. The molecule has 2 saturated carbocycles.